The van der Waals surface area contributed by atoms with Gasteiger partial charge in [0.2, 0.25) is 0 Å². The van der Waals surface area contributed by atoms with Crippen molar-refractivity contribution in [2.24, 2.45) is 0 Å². The highest BCUT2D eigenvalue weighted by Gasteiger charge is 2.31. The number of aromatic nitrogens is 4. The van der Waals surface area contributed by atoms with Crippen molar-refractivity contribution < 1.29 is 9.47 Å². The minimum atomic E-state index is 0.524. The molecule has 1 aliphatic rings. The maximum atomic E-state index is 5.54. The monoisotopic (exact) mass is 450 g/mol. The van der Waals surface area contributed by atoms with Crippen LogP contribution in [-0.4, -0.2) is 34.0 Å². The summed E-state index contributed by atoms with van der Waals surface area (Å²) in [5.74, 6) is 3.83. The number of rotatable bonds is 8. The molecule has 6 nitrogen and oxygen atoms in total. The fraction of sp³-hybridized carbons (Fsp3) is 0.261. The van der Waals surface area contributed by atoms with Crippen LogP contribution in [0.25, 0.3) is 16.3 Å². The Balaban J connectivity index is 1.37. The second kappa shape index (κ2) is 8.72. The third-order valence-corrected chi connectivity index (χ3v) is 7.04. The van der Waals surface area contributed by atoms with Crippen LogP contribution in [0.15, 0.2) is 59.1 Å². The number of methoxy groups -OCH3 is 2. The minimum Gasteiger partial charge on any atom is -0.497 e. The Morgan fingerprint density at radius 2 is 1.90 bits per heavy atom. The average Bonchev–Trinajstić information content (AvgIpc) is 3.40. The first kappa shape index (κ1) is 20.1. The van der Waals surface area contributed by atoms with Crippen LogP contribution in [0.3, 0.4) is 0 Å². The lowest BCUT2D eigenvalue weighted by Crippen LogP contribution is -2.01. The Morgan fingerprint density at radius 1 is 1.06 bits per heavy atom. The Kier molecular flexibility index (Phi) is 5.65. The molecule has 0 atom stereocenters. The van der Waals surface area contributed by atoms with Crippen molar-refractivity contribution in [1.29, 1.82) is 0 Å². The third kappa shape index (κ3) is 4.18. The molecule has 2 heterocycles. The predicted octanol–water partition coefficient (Wildman–Crippen LogP) is 5.58. The van der Waals surface area contributed by atoms with E-state index in [1.807, 2.05) is 24.3 Å². The van der Waals surface area contributed by atoms with E-state index in [4.69, 9.17) is 14.5 Å². The van der Waals surface area contributed by atoms with Gasteiger partial charge in [0, 0.05) is 28.8 Å². The highest BCUT2D eigenvalue weighted by Crippen LogP contribution is 2.41. The molecule has 0 aliphatic heterocycles. The summed E-state index contributed by atoms with van der Waals surface area (Å²) in [6, 6.07) is 16.1. The second-order valence-corrected chi connectivity index (χ2v) is 9.09. The van der Waals surface area contributed by atoms with Crippen LogP contribution >= 0.6 is 23.1 Å². The van der Waals surface area contributed by atoms with Crippen LogP contribution in [0.2, 0.25) is 0 Å². The van der Waals surface area contributed by atoms with Crippen LogP contribution in [-0.2, 0) is 5.75 Å². The fourth-order valence-electron chi connectivity index (χ4n) is 3.41. The fourth-order valence-corrected chi connectivity index (χ4v) is 5.22. The molecular formula is C23H22N4O2S2. The molecule has 2 aromatic heterocycles. The molecule has 0 N–H and O–H groups in total. The number of thioether (sulfide) groups is 1. The summed E-state index contributed by atoms with van der Waals surface area (Å²) in [4.78, 5) is 4.84. The SMILES string of the molecule is COc1ccc(-c2nc(CSc3nnc(C4CC4)n3-c3ccccc3)cs2)c(OC)c1. The number of thiazole rings is 1. The number of nitrogens with zero attached hydrogens (tertiary/aromatic N) is 4. The maximum absolute atomic E-state index is 5.54. The van der Waals surface area contributed by atoms with E-state index in [2.05, 4.69) is 44.4 Å². The molecule has 31 heavy (non-hydrogen) atoms. The van der Waals surface area contributed by atoms with Gasteiger partial charge in [-0.15, -0.1) is 21.5 Å². The van der Waals surface area contributed by atoms with Crippen LogP contribution in [0, 0.1) is 0 Å². The number of hydrogen-bond donors (Lipinski definition) is 0. The Bertz CT molecular complexity index is 1190. The van der Waals surface area contributed by atoms with Crippen LogP contribution in [0.1, 0.15) is 30.3 Å². The lowest BCUT2D eigenvalue weighted by molar-refractivity contribution is 0.395. The molecule has 8 heteroatoms. The van der Waals surface area contributed by atoms with Gasteiger partial charge in [-0.1, -0.05) is 30.0 Å². The lowest BCUT2D eigenvalue weighted by Gasteiger charge is -2.09. The first-order valence-corrected chi connectivity index (χ1v) is 11.9. The molecule has 0 spiro atoms. The van der Waals surface area contributed by atoms with Crippen molar-refractivity contribution in [3.05, 3.63) is 65.4 Å². The van der Waals surface area contributed by atoms with E-state index in [0.29, 0.717) is 5.92 Å². The van der Waals surface area contributed by atoms with Crippen molar-refractivity contribution in [2.75, 3.05) is 14.2 Å². The molecule has 1 aliphatic carbocycles. The summed E-state index contributed by atoms with van der Waals surface area (Å²) in [7, 11) is 3.31. The summed E-state index contributed by atoms with van der Waals surface area (Å²) in [5.41, 5.74) is 3.09. The topological polar surface area (TPSA) is 62.1 Å². The highest BCUT2D eigenvalue weighted by molar-refractivity contribution is 7.98. The van der Waals surface area contributed by atoms with Gasteiger partial charge >= 0.3 is 0 Å². The zero-order chi connectivity index (χ0) is 21.2. The molecule has 0 unspecified atom stereocenters. The van der Waals surface area contributed by atoms with Crippen molar-refractivity contribution in [3.8, 4) is 27.8 Å². The maximum Gasteiger partial charge on any atom is 0.196 e. The van der Waals surface area contributed by atoms with Gasteiger partial charge < -0.3 is 9.47 Å². The molecule has 158 valence electrons. The van der Waals surface area contributed by atoms with Gasteiger partial charge in [-0.2, -0.15) is 0 Å². The summed E-state index contributed by atoms with van der Waals surface area (Å²) >= 11 is 3.28. The van der Waals surface area contributed by atoms with Gasteiger partial charge in [0.05, 0.1) is 25.5 Å². The molecular weight excluding hydrogens is 428 g/mol. The smallest absolute Gasteiger partial charge is 0.196 e. The Morgan fingerprint density at radius 3 is 2.65 bits per heavy atom. The average molecular weight is 451 g/mol. The van der Waals surface area contributed by atoms with Gasteiger partial charge in [-0.05, 0) is 37.1 Å². The van der Waals surface area contributed by atoms with Crippen molar-refractivity contribution in [1.82, 2.24) is 19.7 Å². The standard InChI is InChI=1S/C23H22N4O2S2/c1-28-18-10-11-19(20(12-18)29-2)22-24-16(13-30-22)14-31-23-26-25-21(15-8-9-15)27(23)17-6-4-3-5-7-17/h3-7,10-13,15H,8-9,14H2,1-2H3. The molecule has 0 radical (unpaired) electrons. The van der Waals surface area contributed by atoms with E-state index >= 15 is 0 Å². The number of para-hydroxylation sites is 1. The first-order chi connectivity index (χ1) is 15.3. The van der Waals surface area contributed by atoms with Crippen LogP contribution in [0.4, 0.5) is 0 Å². The summed E-state index contributed by atoms with van der Waals surface area (Å²) in [6.07, 6.45) is 2.38. The van der Waals surface area contributed by atoms with E-state index < -0.39 is 0 Å². The Hall–Kier alpha value is -2.84. The number of ether oxygens (including phenoxy) is 2. The molecule has 0 bridgehead atoms. The van der Waals surface area contributed by atoms with Crippen LogP contribution < -0.4 is 9.47 Å². The summed E-state index contributed by atoms with van der Waals surface area (Å²) in [5, 5.41) is 12.9. The van der Waals surface area contributed by atoms with Gasteiger partial charge in [0.25, 0.3) is 0 Å². The van der Waals surface area contributed by atoms with Gasteiger partial charge in [0.1, 0.15) is 22.3 Å². The second-order valence-electron chi connectivity index (χ2n) is 7.28. The van der Waals surface area contributed by atoms with Crippen molar-refractivity contribution >= 4 is 23.1 Å². The minimum absolute atomic E-state index is 0.524. The van der Waals surface area contributed by atoms with Crippen LogP contribution in [0.5, 0.6) is 11.5 Å². The zero-order valence-corrected chi connectivity index (χ0v) is 18.9. The van der Waals surface area contributed by atoms with E-state index in [1.165, 1.54) is 12.8 Å². The van der Waals surface area contributed by atoms with Crippen molar-refractivity contribution in [2.45, 2.75) is 29.7 Å². The number of hydrogen-bond acceptors (Lipinski definition) is 7. The largest absolute Gasteiger partial charge is 0.497 e. The lowest BCUT2D eigenvalue weighted by atomic mass is 10.2. The molecule has 4 aromatic rings. The number of benzene rings is 2. The summed E-state index contributed by atoms with van der Waals surface area (Å²) in [6.45, 7) is 0. The first-order valence-electron chi connectivity index (χ1n) is 10.1. The molecule has 1 fully saturated rings. The zero-order valence-electron chi connectivity index (χ0n) is 17.3. The summed E-state index contributed by atoms with van der Waals surface area (Å²) < 4.78 is 13.0. The van der Waals surface area contributed by atoms with Gasteiger partial charge in [-0.3, -0.25) is 4.57 Å². The van der Waals surface area contributed by atoms with Gasteiger partial charge in [-0.25, -0.2) is 4.98 Å². The third-order valence-electron chi connectivity index (χ3n) is 5.16. The molecule has 2 aromatic carbocycles. The molecule has 1 saturated carbocycles. The van der Waals surface area contributed by atoms with E-state index in [0.717, 1.165) is 50.2 Å². The molecule has 5 rings (SSSR count). The predicted molar refractivity (Wildman–Crippen MR) is 124 cm³/mol. The highest BCUT2D eigenvalue weighted by atomic mass is 32.2. The quantitative estimate of drug-likeness (QED) is 0.327. The van der Waals surface area contributed by atoms with E-state index in [1.54, 1.807) is 37.3 Å². The van der Waals surface area contributed by atoms with Crippen molar-refractivity contribution in [3.63, 3.8) is 0 Å². The molecule has 0 saturated heterocycles. The van der Waals surface area contributed by atoms with E-state index in [9.17, 15) is 0 Å². The molecule has 0 amide bonds. The van der Waals surface area contributed by atoms with E-state index in [-0.39, 0.29) is 0 Å². The normalized spacial score (nSPS) is 13.4. The van der Waals surface area contributed by atoms with Gasteiger partial charge in [0.15, 0.2) is 5.16 Å². The Labute approximate surface area is 189 Å².